The van der Waals surface area contributed by atoms with Gasteiger partial charge in [-0.3, -0.25) is 0 Å². The van der Waals surface area contributed by atoms with Crippen molar-refractivity contribution in [1.29, 1.82) is 0 Å². The van der Waals surface area contributed by atoms with Crippen molar-refractivity contribution in [1.82, 2.24) is 5.32 Å². The van der Waals surface area contributed by atoms with Crippen molar-refractivity contribution in [2.75, 3.05) is 13.1 Å². The molecule has 2 rings (SSSR count). The van der Waals surface area contributed by atoms with E-state index < -0.39 is 0 Å². The van der Waals surface area contributed by atoms with E-state index in [1.54, 1.807) is 0 Å². The molecule has 0 spiro atoms. The second kappa shape index (κ2) is 5.64. The highest BCUT2D eigenvalue weighted by Crippen LogP contribution is 2.16. The predicted molar refractivity (Wildman–Crippen MR) is 70.3 cm³/mol. The summed E-state index contributed by atoms with van der Waals surface area (Å²) in [5.41, 5.74) is 3.45. The monoisotopic (exact) mass is 230 g/mol. The summed E-state index contributed by atoms with van der Waals surface area (Å²) in [6.45, 7) is 7.36. The number of benzene rings is 1. The van der Waals surface area contributed by atoms with Gasteiger partial charge in [0, 0.05) is 19.5 Å². The Balaban J connectivity index is 1.88. The van der Waals surface area contributed by atoms with Gasteiger partial charge in [-0.15, -0.1) is 6.58 Å². The van der Waals surface area contributed by atoms with Crippen LogP contribution in [-0.2, 0) is 4.84 Å². The lowest BCUT2D eigenvalue weighted by Crippen LogP contribution is -2.27. The van der Waals surface area contributed by atoms with Crippen LogP contribution in [-0.4, -0.2) is 24.9 Å². The number of nitrogens with one attached hydrogen (secondary N) is 1. The molecule has 90 valence electrons. The lowest BCUT2D eigenvalue weighted by atomic mass is 10.0. The second-order valence-electron chi connectivity index (χ2n) is 4.28. The van der Waals surface area contributed by atoms with Gasteiger partial charge in [-0.05, 0) is 12.5 Å². The van der Waals surface area contributed by atoms with Crippen LogP contribution in [0.15, 0.2) is 42.1 Å². The average Bonchev–Trinajstić information content (AvgIpc) is 2.79. The molecule has 1 N–H and O–H groups in total. The molecule has 1 atom stereocenters. The number of hydrogen-bond acceptors (Lipinski definition) is 3. The van der Waals surface area contributed by atoms with Gasteiger partial charge in [-0.1, -0.05) is 41.1 Å². The highest BCUT2D eigenvalue weighted by molar-refractivity contribution is 6.01. The van der Waals surface area contributed by atoms with Crippen molar-refractivity contribution < 1.29 is 4.84 Å². The van der Waals surface area contributed by atoms with Crippen LogP contribution >= 0.6 is 0 Å². The molecule has 1 heterocycles. The third kappa shape index (κ3) is 3.17. The van der Waals surface area contributed by atoms with Crippen LogP contribution in [0.3, 0.4) is 0 Å². The molecule has 1 aromatic carbocycles. The van der Waals surface area contributed by atoms with Crippen molar-refractivity contribution in [2.45, 2.75) is 19.4 Å². The van der Waals surface area contributed by atoms with E-state index in [9.17, 15) is 0 Å². The van der Waals surface area contributed by atoms with Gasteiger partial charge in [0.05, 0.1) is 5.71 Å². The van der Waals surface area contributed by atoms with E-state index in [4.69, 9.17) is 4.84 Å². The van der Waals surface area contributed by atoms with Crippen LogP contribution < -0.4 is 5.32 Å². The molecule has 0 bridgehead atoms. The number of rotatable bonds is 5. The highest BCUT2D eigenvalue weighted by atomic mass is 16.6. The smallest absolute Gasteiger partial charge is 0.145 e. The number of aryl methyl sites for hydroxylation is 1. The second-order valence-corrected chi connectivity index (χ2v) is 4.28. The predicted octanol–water partition coefficient (Wildman–Crippen LogP) is 2.26. The van der Waals surface area contributed by atoms with E-state index in [1.165, 1.54) is 5.56 Å². The maximum absolute atomic E-state index is 5.39. The van der Waals surface area contributed by atoms with E-state index in [1.807, 2.05) is 6.08 Å². The van der Waals surface area contributed by atoms with Crippen molar-refractivity contribution in [3.8, 4) is 0 Å². The van der Waals surface area contributed by atoms with Crippen LogP contribution in [0.5, 0.6) is 0 Å². The summed E-state index contributed by atoms with van der Waals surface area (Å²) in [6.07, 6.45) is 2.86. The first-order chi connectivity index (χ1) is 8.29. The summed E-state index contributed by atoms with van der Waals surface area (Å²) in [6, 6.07) is 8.39. The van der Waals surface area contributed by atoms with Crippen LogP contribution in [0.4, 0.5) is 0 Å². The minimum atomic E-state index is 0.145. The van der Waals surface area contributed by atoms with Crippen LogP contribution in [0.25, 0.3) is 0 Å². The summed E-state index contributed by atoms with van der Waals surface area (Å²) in [7, 11) is 0. The molecule has 3 nitrogen and oxygen atoms in total. The first-order valence-corrected chi connectivity index (χ1v) is 5.91. The number of oxime groups is 1. The minimum absolute atomic E-state index is 0.145. The molecule has 1 aromatic rings. The van der Waals surface area contributed by atoms with Crippen molar-refractivity contribution in [2.24, 2.45) is 5.16 Å². The number of hydrogen-bond donors (Lipinski definition) is 1. The molecule has 3 heteroatoms. The topological polar surface area (TPSA) is 33.6 Å². The largest absolute Gasteiger partial charge is 0.390 e. The Morgan fingerprint density at radius 3 is 2.94 bits per heavy atom. The lowest BCUT2D eigenvalue weighted by Gasteiger charge is -2.07. The lowest BCUT2D eigenvalue weighted by molar-refractivity contribution is 0.0859. The minimum Gasteiger partial charge on any atom is -0.390 e. The summed E-state index contributed by atoms with van der Waals surface area (Å²) < 4.78 is 0. The van der Waals surface area contributed by atoms with E-state index in [2.05, 4.69) is 48.2 Å². The molecule has 1 unspecified atom stereocenters. The molecule has 0 saturated heterocycles. The summed E-state index contributed by atoms with van der Waals surface area (Å²) in [4.78, 5) is 5.39. The molecule has 17 heavy (non-hydrogen) atoms. The third-order valence-electron chi connectivity index (χ3n) is 2.78. The fourth-order valence-electron chi connectivity index (χ4n) is 1.80. The zero-order valence-corrected chi connectivity index (χ0v) is 10.1. The van der Waals surface area contributed by atoms with Crippen LogP contribution in [0.2, 0.25) is 0 Å². The maximum Gasteiger partial charge on any atom is 0.145 e. The number of nitrogens with zero attached hydrogens (tertiary/aromatic N) is 1. The molecule has 0 saturated carbocycles. The highest BCUT2D eigenvalue weighted by Gasteiger charge is 2.21. The summed E-state index contributed by atoms with van der Waals surface area (Å²) in [5, 5.41) is 7.39. The molecule has 0 fully saturated rings. The Morgan fingerprint density at radius 1 is 1.47 bits per heavy atom. The average molecular weight is 230 g/mol. The van der Waals surface area contributed by atoms with Crippen LogP contribution in [0.1, 0.15) is 17.5 Å². The van der Waals surface area contributed by atoms with E-state index in [-0.39, 0.29) is 6.10 Å². The Hall–Kier alpha value is -1.61. The molecule has 1 aliphatic heterocycles. The molecule has 1 aliphatic rings. The van der Waals surface area contributed by atoms with Gasteiger partial charge < -0.3 is 10.2 Å². The first-order valence-electron chi connectivity index (χ1n) is 5.91. The fraction of sp³-hybridized carbons (Fsp3) is 0.357. The Bertz CT molecular complexity index is 409. The third-order valence-corrected chi connectivity index (χ3v) is 2.78. The first kappa shape index (κ1) is 11.9. The molecule has 0 amide bonds. The van der Waals surface area contributed by atoms with Gasteiger partial charge in [0.2, 0.25) is 0 Å². The van der Waals surface area contributed by atoms with Crippen LogP contribution in [0, 0.1) is 6.92 Å². The Kier molecular flexibility index (Phi) is 3.94. The Morgan fingerprint density at radius 2 is 2.24 bits per heavy atom. The summed E-state index contributed by atoms with van der Waals surface area (Å²) in [5.74, 6) is 0. The zero-order valence-electron chi connectivity index (χ0n) is 10.1. The van der Waals surface area contributed by atoms with E-state index in [0.29, 0.717) is 0 Å². The zero-order chi connectivity index (χ0) is 12.1. The molecule has 0 radical (unpaired) electrons. The van der Waals surface area contributed by atoms with Crippen molar-refractivity contribution >= 4 is 5.71 Å². The van der Waals surface area contributed by atoms with E-state index >= 15 is 0 Å². The van der Waals surface area contributed by atoms with Gasteiger partial charge >= 0.3 is 0 Å². The molecule has 0 aromatic heterocycles. The van der Waals surface area contributed by atoms with Crippen molar-refractivity contribution in [3.05, 3.63) is 48.0 Å². The SMILES string of the molecule is C=CCNCC1CC(c2ccc(C)cc2)=NO1. The van der Waals surface area contributed by atoms with Gasteiger partial charge in [0.25, 0.3) is 0 Å². The normalized spacial score (nSPS) is 18.6. The molecule has 0 aliphatic carbocycles. The summed E-state index contributed by atoms with van der Waals surface area (Å²) >= 11 is 0. The van der Waals surface area contributed by atoms with E-state index in [0.717, 1.165) is 30.8 Å². The van der Waals surface area contributed by atoms with Gasteiger partial charge in [0.1, 0.15) is 6.10 Å². The molecular formula is C14H18N2O. The standard InChI is InChI=1S/C14H18N2O/c1-3-8-15-10-13-9-14(16-17-13)12-6-4-11(2)5-7-12/h3-7,13,15H,1,8-10H2,2H3. The molecular weight excluding hydrogens is 212 g/mol. The Labute approximate surface area is 102 Å². The maximum atomic E-state index is 5.39. The van der Waals surface area contributed by atoms with Crippen molar-refractivity contribution in [3.63, 3.8) is 0 Å². The van der Waals surface area contributed by atoms with Gasteiger partial charge in [-0.25, -0.2) is 0 Å². The van der Waals surface area contributed by atoms with Gasteiger partial charge in [0.15, 0.2) is 0 Å². The quantitative estimate of drug-likeness (QED) is 0.622. The fourth-order valence-corrected chi connectivity index (χ4v) is 1.80. The van der Waals surface area contributed by atoms with Gasteiger partial charge in [-0.2, -0.15) is 0 Å².